The van der Waals surface area contributed by atoms with E-state index in [0.717, 1.165) is 5.56 Å². The molecule has 0 atom stereocenters. The zero-order chi connectivity index (χ0) is 14.0. The molecule has 6 heteroatoms. The molecule has 2 aromatic rings. The third-order valence-electron chi connectivity index (χ3n) is 2.70. The second-order valence-electron chi connectivity index (χ2n) is 4.09. The SMILES string of the molecule is Cc1cccc([N+](=O)[O-])c1Nc1cc(N)ccc1Cl. The van der Waals surface area contributed by atoms with Crippen molar-refractivity contribution in [1.29, 1.82) is 0 Å². The van der Waals surface area contributed by atoms with Crippen LogP contribution in [0.1, 0.15) is 5.56 Å². The van der Waals surface area contributed by atoms with Crippen LogP contribution in [-0.4, -0.2) is 4.92 Å². The molecule has 98 valence electrons. The summed E-state index contributed by atoms with van der Waals surface area (Å²) in [4.78, 5) is 10.6. The fourth-order valence-electron chi connectivity index (χ4n) is 1.74. The molecule has 3 N–H and O–H groups in total. The fourth-order valence-corrected chi connectivity index (χ4v) is 1.91. The van der Waals surface area contributed by atoms with Crippen molar-refractivity contribution in [3.63, 3.8) is 0 Å². The first-order valence-corrected chi connectivity index (χ1v) is 5.93. The van der Waals surface area contributed by atoms with Gasteiger partial charge in [0.25, 0.3) is 5.69 Å². The Balaban J connectivity index is 2.49. The van der Waals surface area contributed by atoms with Crippen molar-refractivity contribution in [2.24, 2.45) is 0 Å². The number of nitro groups is 1. The van der Waals surface area contributed by atoms with Gasteiger partial charge in [-0.2, -0.15) is 0 Å². The van der Waals surface area contributed by atoms with Crippen LogP contribution in [0.2, 0.25) is 5.02 Å². The van der Waals surface area contributed by atoms with Gasteiger partial charge in [0.15, 0.2) is 0 Å². The van der Waals surface area contributed by atoms with Crippen LogP contribution in [0.15, 0.2) is 36.4 Å². The molecule has 0 fully saturated rings. The molecule has 0 aliphatic carbocycles. The Kier molecular flexibility index (Phi) is 3.57. The van der Waals surface area contributed by atoms with Crippen molar-refractivity contribution in [2.75, 3.05) is 11.1 Å². The Morgan fingerprint density at radius 2 is 2.05 bits per heavy atom. The largest absolute Gasteiger partial charge is 0.399 e. The van der Waals surface area contributed by atoms with E-state index >= 15 is 0 Å². The summed E-state index contributed by atoms with van der Waals surface area (Å²) in [7, 11) is 0. The predicted molar refractivity (Wildman–Crippen MR) is 77.0 cm³/mol. The lowest BCUT2D eigenvalue weighted by molar-refractivity contribution is -0.383. The highest BCUT2D eigenvalue weighted by molar-refractivity contribution is 6.33. The van der Waals surface area contributed by atoms with E-state index in [1.807, 2.05) is 0 Å². The maximum Gasteiger partial charge on any atom is 0.292 e. The smallest absolute Gasteiger partial charge is 0.292 e. The van der Waals surface area contributed by atoms with Crippen LogP contribution in [0.25, 0.3) is 0 Å². The minimum absolute atomic E-state index is 0.00140. The summed E-state index contributed by atoms with van der Waals surface area (Å²) in [5, 5.41) is 14.5. The van der Waals surface area contributed by atoms with E-state index < -0.39 is 4.92 Å². The summed E-state index contributed by atoms with van der Waals surface area (Å²) in [5.41, 5.74) is 7.93. The third-order valence-corrected chi connectivity index (χ3v) is 3.03. The molecule has 0 spiro atoms. The standard InChI is InChI=1S/C13H12ClN3O2/c1-8-3-2-4-12(17(18)19)13(8)16-11-7-9(15)5-6-10(11)14/h2-7,16H,15H2,1H3. The van der Waals surface area contributed by atoms with Gasteiger partial charge in [0, 0.05) is 11.8 Å². The number of para-hydroxylation sites is 1. The summed E-state index contributed by atoms with van der Waals surface area (Å²) in [6.45, 7) is 1.79. The van der Waals surface area contributed by atoms with Crippen molar-refractivity contribution in [3.05, 3.63) is 57.1 Å². The Hall–Kier alpha value is -2.27. The first-order valence-electron chi connectivity index (χ1n) is 5.55. The Bertz CT molecular complexity index is 644. The highest BCUT2D eigenvalue weighted by Gasteiger charge is 2.16. The zero-order valence-electron chi connectivity index (χ0n) is 10.2. The van der Waals surface area contributed by atoms with E-state index in [4.69, 9.17) is 17.3 Å². The van der Waals surface area contributed by atoms with Crippen molar-refractivity contribution in [3.8, 4) is 0 Å². The van der Waals surface area contributed by atoms with Crippen molar-refractivity contribution in [1.82, 2.24) is 0 Å². The molecule has 0 amide bonds. The quantitative estimate of drug-likeness (QED) is 0.507. The van der Waals surface area contributed by atoms with Gasteiger partial charge in [-0.05, 0) is 30.7 Å². The molecule has 2 aromatic carbocycles. The lowest BCUT2D eigenvalue weighted by atomic mass is 10.1. The first kappa shape index (κ1) is 13.2. The van der Waals surface area contributed by atoms with Crippen LogP contribution in [0, 0.1) is 17.0 Å². The number of hydrogen-bond donors (Lipinski definition) is 2. The molecule has 0 aromatic heterocycles. The third kappa shape index (κ3) is 2.77. The number of nitrogen functional groups attached to an aromatic ring is 1. The number of rotatable bonds is 3. The van der Waals surface area contributed by atoms with Gasteiger partial charge in [0.2, 0.25) is 0 Å². The molecular formula is C13H12ClN3O2. The summed E-state index contributed by atoms with van der Waals surface area (Å²) >= 11 is 6.04. The van der Waals surface area contributed by atoms with E-state index in [1.165, 1.54) is 6.07 Å². The average Bonchev–Trinajstić information content (AvgIpc) is 2.35. The molecule has 0 aliphatic rings. The van der Waals surface area contributed by atoms with E-state index in [2.05, 4.69) is 5.32 Å². The number of nitro benzene ring substituents is 1. The van der Waals surface area contributed by atoms with Gasteiger partial charge in [-0.25, -0.2) is 0 Å². The maximum atomic E-state index is 11.0. The predicted octanol–water partition coefficient (Wildman–Crippen LogP) is 3.88. The molecule has 5 nitrogen and oxygen atoms in total. The topological polar surface area (TPSA) is 81.2 Å². The lowest BCUT2D eigenvalue weighted by Crippen LogP contribution is -2.00. The zero-order valence-corrected chi connectivity index (χ0v) is 10.9. The fraction of sp³-hybridized carbons (Fsp3) is 0.0769. The van der Waals surface area contributed by atoms with Crippen LogP contribution in [0.4, 0.5) is 22.7 Å². The number of anilines is 3. The molecule has 0 radical (unpaired) electrons. The molecule has 0 saturated carbocycles. The first-order chi connectivity index (χ1) is 8.99. The maximum absolute atomic E-state index is 11.0. The average molecular weight is 278 g/mol. The van der Waals surface area contributed by atoms with E-state index in [-0.39, 0.29) is 5.69 Å². The number of nitrogens with two attached hydrogens (primary N) is 1. The van der Waals surface area contributed by atoms with Crippen molar-refractivity contribution >= 4 is 34.4 Å². The van der Waals surface area contributed by atoms with Crippen LogP contribution < -0.4 is 11.1 Å². The second kappa shape index (κ2) is 5.16. The van der Waals surface area contributed by atoms with Crippen molar-refractivity contribution < 1.29 is 4.92 Å². The summed E-state index contributed by atoms with van der Waals surface area (Å²) in [6.07, 6.45) is 0. The van der Waals surface area contributed by atoms with E-state index in [9.17, 15) is 10.1 Å². The minimum atomic E-state index is -0.435. The summed E-state index contributed by atoms with van der Waals surface area (Å²) < 4.78 is 0. The van der Waals surface area contributed by atoms with Crippen LogP contribution in [0.5, 0.6) is 0 Å². The van der Waals surface area contributed by atoms with Gasteiger partial charge in [0.1, 0.15) is 5.69 Å². The van der Waals surface area contributed by atoms with Gasteiger partial charge in [-0.15, -0.1) is 0 Å². The monoisotopic (exact) mass is 277 g/mol. The number of aryl methyl sites for hydroxylation is 1. The number of hydrogen-bond acceptors (Lipinski definition) is 4. The molecule has 2 rings (SSSR count). The van der Waals surface area contributed by atoms with Gasteiger partial charge in [-0.1, -0.05) is 23.7 Å². The summed E-state index contributed by atoms with van der Waals surface area (Å²) in [5.74, 6) is 0. The van der Waals surface area contributed by atoms with Gasteiger partial charge >= 0.3 is 0 Å². The molecular weight excluding hydrogens is 266 g/mol. The highest BCUT2D eigenvalue weighted by atomic mass is 35.5. The normalized spacial score (nSPS) is 10.2. The second-order valence-corrected chi connectivity index (χ2v) is 4.50. The Morgan fingerprint density at radius 1 is 1.32 bits per heavy atom. The number of benzene rings is 2. The molecule has 19 heavy (non-hydrogen) atoms. The Morgan fingerprint density at radius 3 is 2.74 bits per heavy atom. The van der Waals surface area contributed by atoms with E-state index in [0.29, 0.717) is 22.1 Å². The summed E-state index contributed by atoms with van der Waals surface area (Å²) in [6, 6.07) is 9.81. The number of halogens is 1. The number of nitrogens with one attached hydrogen (secondary N) is 1. The Labute approximate surface area is 115 Å². The van der Waals surface area contributed by atoms with Crippen LogP contribution >= 0.6 is 11.6 Å². The molecule has 0 aliphatic heterocycles. The molecule has 0 saturated heterocycles. The lowest BCUT2D eigenvalue weighted by Gasteiger charge is -2.11. The molecule has 0 bridgehead atoms. The molecule has 0 heterocycles. The highest BCUT2D eigenvalue weighted by Crippen LogP contribution is 2.34. The van der Waals surface area contributed by atoms with Crippen LogP contribution in [-0.2, 0) is 0 Å². The van der Waals surface area contributed by atoms with Gasteiger partial charge in [0.05, 0.1) is 15.6 Å². The van der Waals surface area contributed by atoms with E-state index in [1.54, 1.807) is 37.3 Å². The molecule has 0 unspecified atom stereocenters. The number of nitrogens with zero attached hydrogens (tertiary/aromatic N) is 1. The minimum Gasteiger partial charge on any atom is -0.399 e. The van der Waals surface area contributed by atoms with Crippen LogP contribution in [0.3, 0.4) is 0 Å². The van der Waals surface area contributed by atoms with Gasteiger partial charge < -0.3 is 11.1 Å². The van der Waals surface area contributed by atoms with Crippen molar-refractivity contribution in [2.45, 2.75) is 6.92 Å². The van der Waals surface area contributed by atoms with Gasteiger partial charge in [-0.3, -0.25) is 10.1 Å².